The second kappa shape index (κ2) is 7.75. The Kier molecular flexibility index (Phi) is 5.43. The van der Waals surface area contributed by atoms with Gasteiger partial charge in [0.2, 0.25) is 0 Å². The normalized spacial score (nSPS) is 12.4. The molecule has 0 N–H and O–H groups in total. The van der Waals surface area contributed by atoms with Gasteiger partial charge in [-0.25, -0.2) is 0 Å². The fourth-order valence-corrected chi connectivity index (χ4v) is 3.56. The number of fused-ring (bicyclic) bond motifs is 1. The van der Waals surface area contributed by atoms with Crippen molar-refractivity contribution in [3.8, 4) is 11.5 Å². The Hall–Kier alpha value is -2.59. The van der Waals surface area contributed by atoms with Crippen molar-refractivity contribution in [3.63, 3.8) is 0 Å². The summed E-state index contributed by atoms with van der Waals surface area (Å²) in [7, 11) is 2.90. The van der Waals surface area contributed by atoms with Gasteiger partial charge in [0.1, 0.15) is 11.2 Å². The highest BCUT2D eigenvalue weighted by Crippen LogP contribution is 2.31. The average Bonchev–Trinajstić information content (AvgIpc) is 2.99. The number of rotatable bonds is 7. The van der Waals surface area contributed by atoms with Gasteiger partial charge in [0, 0.05) is 23.4 Å². The van der Waals surface area contributed by atoms with Crippen molar-refractivity contribution < 1.29 is 27.6 Å². The third kappa shape index (κ3) is 3.51. The molecule has 138 valence electrons. The number of para-hydroxylation sites is 2. The van der Waals surface area contributed by atoms with Gasteiger partial charge in [-0.15, -0.1) is 4.73 Å². The Morgan fingerprint density at radius 3 is 2.65 bits per heavy atom. The van der Waals surface area contributed by atoms with E-state index >= 15 is 0 Å². The van der Waals surface area contributed by atoms with Crippen LogP contribution in [0.2, 0.25) is 0 Å². The molecule has 0 bridgehead atoms. The second-order valence-corrected chi connectivity index (χ2v) is 6.37. The minimum absolute atomic E-state index is 0.115. The smallest absolute Gasteiger partial charge is 0.406 e. The SMILES string of the molecule is COc1ccnc(C[S+]([O-])c2nc3ccccc3n2OC(F)F)c1OC. The number of ether oxygens (including phenoxy) is 2. The molecule has 3 rings (SSSR count). The summed E-state index contributed by atoms with van der Waals surface area (Å²) >= 11 is -1.82. The number of nitrogens with zero attached hydrogens (tertiary/aromatic N) is 3. The maximum atomic E-state index is 12.8. The highest BCUT2D eigenvalue weighted by Gasteiger charge is 2.28. The van der Waals surface area contributed by atoms with Crippen molar-refractivity contribution in [2.45, 2.75) is 17.5 Å². The van der Waals surface area contributed by atoms with Crippen LogP contribution in [0.4, 0.5) is 8.78 Å². The van der Waals surface area contributed by atoms with Gasteiger partial charge in [0.25, 0.3) is 0 Å². The van der Waals surface area contributed by atoms with E-state index < -0.39 is 17.8 Å². The fraction of sp³-hybridized carbons (Fsp3) is 0.250. The number of pyridine rings is 1. The van der Waals surface area contributed by atoms with E-state index in [1.54, 1.807) is 30.3 Å². The zero-order chi connectivity index (χ0) is 18.7. The summed E-state index contributed by atoms with van der Waals surface area (Å²) in [6.45, 7) is -3.09. The van der Waals surface area contributed by atoms with E-state index in [0.717, 1.165) is 4.73 Å². The molecule has 3 aromatic rings. The van der Waals surface area contributed by atoms with Crippen LogP contribution in [0.3, 0.4) is 0 Å². The number of aromatic nitrogens is 3. The lowest BCUT2D eigenvalue weighted by molar-refractivity contribution is -0.136. The molecule has 0 fully saturated rings. The molecule has 26 heavy (non-hydrogen) atoms. The van der Waals surface area contributed by atoms with E-state index in [0.29, 0.717) is 28.2 Å². The van der Waals surface area contributed by atoms with Crippen molar-refractivity contribution in [2.75, 3.05) is 14.2 Å². The van der Waals surface area contributed by atoms with E-state index in [2.05, 4.69) is 14.8 Å². The maximum absolute atomic E-state index is 12.8. The Bertz CT molecular complexity index is 906. The molecule has 0 aliphatic heterocycles. The Labute approximate surface area is 150 Å². The standard InChI is InChI=1S/C16H15F2N3O4S/c1-23-13-7-8-19-11(14(13)24-2)9-26(22)16-20-10-5-3-4-6-12(10)21(16)25-15(17)18/h3-8,15H,9H2,1-2H3. The van der Waals surface area contributed by atoms with Gasteiger partial charge in [0.05, 0.1) is 19.7 Å². The van der Waals surface area contributed by atoms with E-state index in [-0.39, 0.29) is 10.9 Å². The second-order valence-electron chi connectivity index (χ2n) is 5.03. The van der Waals surface area contributed by atoms with Gasteiger partial charge in [0.15, 0.2) is 17.3 Å². The molecule has 2 heterocycles. The van der Waals surface area contributed by atoms with Crippen LogP contribution in [0.1, 0.15) is 5.69 Å². The number of imidazole rings is 1. The van der Waals surface area contributed by atoms with Crippen molar-refractivity contribution in [3.05, 3.63) is 42.2 Å². The number of hydrogen-bond acceptors (Lipinski definition) is 6. The zero-order valence-corrected chi connectivity index (χ0v) is 14.7. The molecule has 0 saturated heterocycles. The Morgan fingerprint density at radius 2 is 1.96 bits per heavy atom. The van der Waals surface area contributed by atoms with E-state index in [1.807, 2.05) is 0 Å². The number of methoxy groups -OCH3 is 2. The minimum atomic E-state index is -3.09. The van der Waals surface area contributed by atoms with E-state index in [4.69, 9.17) is 9.47 Å². The summed E-state index contributed by atoms with van der Waals surface area (Å²) in [6.07, 6.45) is 1.48. The first kappa shape index (κ1) is 18.2. The van der Waals surface area contributed by atoms with Gasteiger partial charge in [-0.05, 0) is 12.1 Å². The molecule has 1 atom stereocenters. The third-order valence-electron chi connectivity index (χ3n) is 3.51. The Morgan fingerprint density at radius 1 is 1.19 bits per heavy atom. The van der Waals surface area contributed by atoms with Crippen molar-refractivity contribution in [2.24, 2.45) is 0 Å². The predicted molar refractivity (Wildman–Crippen MR) is 89.8 cm³/mol. The van der Waals surface area contributed by atoms with E-state index in [1.165, 1.54) is 20.4 Å². The fourth-order valence-electron chi connectivity index (χ4n) is 2.45. The molecule has 0 saturated carbocycles. The molecule has 10 heteroatoms. The van der Waals surface area contributed by atoms with Crippen LogP contribution in [-0.2, 0) is 16.9 Å². The number of halogens is 2. The van der Waals surface area contributed by atoms with Crippen molar-refractivity contribution >= 4 is 22.2 Å². The summed E-state index contributed by atoms with van der Waals surface area (Å²) in [6, 6.07) is 8.11. The first-order valence-electron chi connectivity index (χ1n) is 7.42. The molecule has 0 amide bonds. The molecule has 7 nitrogen and oxygen atoms in total. The Balaban J connectivity index is 1.99. The largest absolute Gasteiger partial charge is 0.609 e. The molecule has 2 aromatic heterocycles. The summed E-state index contributed by atoms with van der Waals surface area (Å²) in [5, 5.41) is -0.141. The van der Waals surface area contributed by atoms with Crippen LogP contribution >= 0.6 is 0 Å². The highest BCUT2D eigenvalue weighted by atomic mass is 32.2. The summed E-state index contributed by atoms with van der Waals surface area (Å²) in [5.74, 6) is 0.628. The molecule has 1 aromatic carbocycles. The van der Waals surface area contributed by atoms with Crippen LogP contribution in [0, 0.1) is 0 Å². The number of benzene rings is 1. The van der Waals surface area contributed by atoms with Crippen LogP contribution < -0.4 is 14.3 Å². The van der Waals surface area contributed by atoms with Crippen molar-refractivity contribution in [1.82, 2.24) is 14.7 Å². The number of alkyl halides is 2. The van der Waals surface area contributed by atoms with Crippen LogP contribution in [0.5, 0.6) is 11.5 Å². The first-order valence-corrected chi connectivity index (χ1v) is 8.74. The van der Waals surface area contributed by atoms with Gasteiger partial charge in [-0.2, -0.15) is 13.8 Å². The van der Waals surface area contributed by atoms with E-state index in [9.17, 15) is 13.3 Å². The molecule has 0 aliphatic carbocycles. The quantitative estimate of drug-likeness (QED) is 0.583. The molecular weight excluding hydrogens is 368 g/mol. The lowest BCUT2D eigenvalue weighted by Crippen LogP contribution is -2.22. The number of hydrogen-bond donors (Lipinski definition) is 0. The zero-order valence-electron chi connectivity index (χ0n) is 13.9. The molecule has 0 aliphatic rings. The van der Waals surface area contributed by atoms with Gasteiger partial charge in [-0.1, -0.05) is 12.1 Å². The van der Waals surface area contributed by atoms with Gasteiger partial charge in [-0.3, -0.25) is 4.98 Å². The van der Waals surface area contributed by atoms with Gasteiger partial charge < -0.3 is 18.9 Å². The summed E-state index contributed by atoms with van der Waals surface area (Å²) in [5.41, 5.74) is 1.03. The van der Waals surface area contributed by atoms with Crippen molar-refractivity contribution in [1.29, 1.82) is 0 Å². The average molecular weight is 383 g/mol. The van der Waals surface area contributed by atoms with Crippen LogP contribution in [-0.4, -0.2) is 40.1 Å². The predicted octanol–water partition coefficient (Wildman–Crippen LogP) is 2.41. The molecular formula is C16H15F2N3O4S. The van der Waals surface area contributed by atoms with Gasteiger partial charge >= 0.3 is 11.8 Å². The maximum Gasteiger partial charge on any atom is 0.406 e. The highest BCUT2D eigenvalue weighted by molar-refractivity contribution is 7.90. The summed E-state index contributed by atoms with van der Waals surface area (Å²) < 4.78 is 49.6. The summed E-state index contributed by atoms with van der Waals surface area (Å²) in [4.78, 5) is 12.8. The van der Waals surface area contributed by atoms with Crippen LogP contribution in [0.15, 0.2) is 41.7 Å². The lowest BCUT2D eigenvalue weighted by atomic mass is 10.3. The lowest BCUT2D eigenvalue weighted by Gasteiger charge is -2.14. The minimum Gasteiger partial charge on any atom is -0.609 e. The van der Waals surface area contributed by atoms with Crippen LogP contribution in [0.25, 0.3) is 11.0 Å². The molecule has 0 radical (unpaired) electrons. The monoisotopic (exact) mass is 383 g/mol. The first-order chi connectivity index (χ1) is 12.5. The topological polar surface area (TPSA) is 81.5 Å². The third-order valence-corrected chi connectivity index (χ3v) is 4.71. The molecule has 1 unspecified atom stereocenters. The molecule has 0 spiro atoms.